The van der Waals surface area contributed by atoms with E-state index in [1.54, 1.807) is 26.4 Å². The second-order valence-electron chi connectivity index (χ2n) is 14.5. The minimum absolute atomic E-state index is 0.228. The number of carbonyl (C=O) groups is 2. The van der Waals surface area contributed by atoms with Crippen molar-refractivity contribution in [1.29, 1.82) is 0 Å². The number of carbonyl (C=O) groups excluding carboxylic acids is 2. The summed E-state index contributed by atoms with van der Waals surface area (Å²) in [7, 11) is 5.96. The maximum absolute atomic E-state index is 14.3. The number of nitrogens with zero attached hydrogens (tertiary/aromatic N) is 2. The zero-order valence-corrected chi connectivity index (χ0v) is 34.8. The average molecular weight is 797 g/mol. The molecule has 60 heavy (non-hydrogen) atoms. The van der Waals surface area contributed by atoms with Gasteiger partial charge >= 0.3 is 11.9 Å². The van der Waals surface area contributed by atoms with Gasteiger partial charge in [0.25, 0.3) is 0 Å². The monoisotopic (exact) mass is 796 g/mol. The molecule has 0 amide bonds. The fourth-order valence-corrected chi connectivity index (χ4v) is 7.34. The number of hydrogen-bond donors (Lipinski definition) is 0. The smallest absolute Gasteiger partial charge is 0.340 e. The summed E-state index contributed by atoms with van der Waals surface area (Å²) in [6, 6.07) is 51.9. The van der Waals surface area contributed by atoms with Crippen molar-refractivity contribution < 1.29 is 28.5 Å². The van der Waals surface area contributed by atoms with Crippen molar-refractivity contribution in [3.63, 3.8) is 0 Å². The molecule has 7 aromatic carbocycles. The van der Waals surface area contributed by atoms with Crippen molar-refractivity contribution in [2.24, 2.45) is 0 Å². The van der Waals surface area contributed by atoms with Crippen LogP contribution in [0.3, 0.4) is 0 Å². The van der Waals surface area contributed by atoms with E-state index >= 15 is 0 Å². The summed E-state index contributed by atoms with van der Waals surface area (Å²) in [6.07, 6.45) is 0. The van der Waals surface area contributed by atoms with Crippen LogP contribution in [-0.2, 0) is 22.6 Å². The molecule has 0 unspecified atom stereocenters. The van der Waals surface area contributed by atoms with Crippen LogP contribution in [0.1, 0.15) is 43.0 Å². The van der Waals surface area contributed by atoms with Crippen molar-refractivity contribution in [3.8, 4) is 33.8 Å². The van der Waals surface area contributed by atoms with Crippen LogP contribution in [0.5, 0.6) is 11.5 Å². The number of hydrogen-bond acceptors (Lipinski definition) is 8. The summed E-state index contributed by atoms with van der Waals surface area (Å²) >= 11 is 0. The Morgan fingerprint density at radius 2 is 0.783 bits per heavy atom. The molecule has 0 heterocycles. The molecule has 8 nitrogen and oxygen atoms in total. The molecule has 0 radical (unpaired) electrons. The van der Waals surface area contributed by atoms with Gasteiger partial charge in [-0.15, -0.1) is 0 Å². The third-order valence-electron chi connectivity index (χ3n) is 10.6. The summed E-state index contributed by atoms with van der Waals surface area (Å²) in [6.45, 7) is 4.72. The van der Waals surface area contributed by atoms with E-state index in [4.69, 9.17) is 18.9 Å². The topological polar surface area (TPSA) is 77.5 Å². The van der Waals surface area contributed by atoms with Crippen LogP contribution in [-0.4, -0.2) is 40.4 Å². The Labute approximate surface area is 352 Å². The third-order valence-corrected chi connectivity index (χ3v) is 10.6. The first-order valence-corrected chi connectivity index (χ1v) is 19.7. The zero-order chi connectivity index (χ0) is 42.2. The number of methoxy groups -OCH3 is 4. The lowest BCUT2D eigenvalue weighted by Crippen LogP contribution is -2.25. The molecule has 8 heteroatoms. The molecule has 0 saturated heterocycles. The highest BCUT2D eigenvalue weighted by molar-refractivity contribution is 6.05. The Bertz CT molecular complexity index is 2410. The predicted octanol–water partition coefficient (Wildman–Crippen LogP) is 11.9. The van der Waals surface area contributed by atoms with Gasteiger partial charge in [-0.2, -0.15) is 0 Å². The van der Waals surface area contributed by atoms with Crippen LogP contribution in [0.25, 0.3) is 22.3 Å². The first kappa shape index (κ1) is 40.9. The molecule has 0 bridgehead atoms. The molecular formula is C52H48N2O6. The molecule has 0 spiro atoms. The Hall–Kier alpha value is -7.32. The van der Waals surface area contributed by atoms with Gasteiger partial charge in [0.15, 0.2) is 0 Å². The van der Waals surface area contributed by atoms with Gasteiger partial charge in [-0.1, -0.05) is 132 Å². The molecule has 7 aromatic rings. The minimum atomic E-state index is -0.588. The van der Waals surface area contributed by atoms with E-state index < -0.39 is 11.9 Å². The van der Waals surface area contributed by atoms with E-state index in [2.05, 4.69) is 48.5 Å². The Morgan fingerprint density at radius 3 is 1.12 bits per heavy atom. The summed E-state index contributed by atoms with van der Waals surface area (Å²) in [5, 5.41) is 0. The molecule has 0 fully saturated rings. The maximum atomic E-state index is 14.3. The standard InChI is InChI=1S/C52H48N2O6/c1-35-17-21-37(22-18-35)33-53(47-29-41(25-27-49(47)57-3)39-13-9-7-10-14-39)45-31-44(52(56)60-6)46(32-43(45)51(55)59-5)54(34-38-23-19-36(2)20-24-38)48-30-42(26-28-50(48)58-4)40-15-11-8-12-16-40/h7-32H,33-34H2,1-6H3. The molecule has 0 aromatic heterocycles. The maximum Gasteiger partial charge on any atom is 0.340 e. The minimum Gasteiger partial charge on any atom is -0.495 e. The summed E-state index contributed by atoms with van der Waals surface area (Å²) in [4.78, 5) is 32.6. The molecular weight excluding hydrogens is 749 g/mol. The fraction of sp³-hybridized carbons (Fsp3) is 0.154. The van der Waals surface area contributed by atoms with Crippen LogP contribution in [0.4, 0.5) is 22.7 Å². The number of ether oxygens (including phenoxy) is 4. The number of aryl methyl sites for hydroxylation is 2. The SMILES string of the molecule is COC(=O)c1cc(N(Cc2ccc(C)cc2)c2cc(-c3ccccc3)ccc2OC)c(C(=O)OC)cc1N(Cc1ccc(C)cc1)c1cc(-c2ccccc2)ccc1OC. The van der Waals surface area contributed by atoms with E-state index in [1.165, 1.54) is 14.2 Å². The van der Waals surface area contributed by atoms with Gasteiger partial charge in [0.1, 0.15) is 11.5 Å². The van der Waals surface area contributed by atoms with E-state index in [-0.39, 0.29) is 11.1 Å². The second kappa shape index (κ2) is 18.5. The van der Waals surface area contributed by atoms with Gasteiger partial charge in [0, 0.05) is 13.1 Å². The van der Waals surface area contributed by atoms with E-state index in [1.807, 2.05) is 121 Å². The van der Waals surface area contributed by atoms with Gasteiger partial charge in [-0.3, -0.25) is 0 Å². The largest absolute Gasteiger partial charge is 0.495 e. The second-order valence-corrected chi connectivity index (χ2v) is 14.5. The molecule has 0 aliphatic carbocycles. The lowest BCUT2D eigenvalue weighted by atomic mass is 9.99. The number of anilines is 4. The highest BCUT2D eigenvalue weighted by Crippen LogP contribution is 2.45. The summed E-state index contributed by atoms with van der Waals surface area (Å²) in [5.74, 6) is -0.0281. The van der Waals surface area contributed by atoms with Gasteiger partial charge < -0.3 is 28.7 Å². The highest BCUT2D eigenvalue weighted by atomic mass is 16.5. The Morgan fingerprint density at radius 1 is 0.417 bits per heavy atom. The molecule has 0 aliphatic rings. The summed E-state index contributed by atoms with van der Waals surface area (Å²) < 4.78 is 23.1. The van der Waals surface area contributed by atoms with Crippen molar-refractivity contribution >= 4 is 34.7 Å². The molecule has 7 rings (SSSR count). The van der Waals surface area contributed by atoms with Crippen LogP contribution in [0, 0.1) is 13.8 Å². The van der Waals surface area contributed by atoms with Crippen molar-refractivity contribution in [2.75, 3.05) is 38.2 Å². The van der Waals surface area contributed by atoms with E-state index in [0.29, 0.717) is 47.3 Å². The quantitative estimate of drug-likeness (QED) is 0.101. The van der Waals surface area contributed by atoms with Crippen LogP contribution in [0.2, 0.25) is 0 Å². The van der Waals surface area contributed by atoms with E-state index in [0.717, 1.165) is 44.5 Å². The first-order chi connectivity index (χ1) is 29.2. The van der Waals surface area contributed by atoms with Gasteiger partial charge in [-0.25, -0.2) is 9.59 Å². The van der Waals surface area contributed by atoms with Crippen molar-refractivity contribution in [2.45, 2.75) is 26.9 Å². The molecule has 0 aliphatic heterocycles. The fourth-order valence-electron chi connectivity index (χ4n) is 7.34. The van der Waals surface area contributed by atoms with Gasteiger partial charge in [0.05, 0.1) is 62.3 Å². The normalized spacial score (nSPS) is 10.8. The first-order valence-electron chi connectivity index (χ1n) is 19.7. The van der Waals surface area contributed by atoms with Crippen LogP contribution >= 0.6 is 0 Å². The lowest BCUT2D eigenvalue weighted by molar-refractivity contribution is 0.0588. The number of benzene rings is 7. The molecule has 0 N–H and O–H groups in total. The third kappa shape index (κ3) is 8.88. The van der Waals surface area contributed by atoms with Crippen LogP contribution < -0.4 is 19.3 Å². The number of esters is 2. The van der Waals surface area contributed by atoms with Crippen molar-refractivity contribution in [1.82, 2.24) is 0 Å². The van der Waals surface area contributed by atoms with Gasteiger partial charge in [0.2, 0.25) is 0 Å². The van der Waals surface area contributed by atoms with Crippen LogP contribution in [0.15, 0.2) is 158 Å². The van der Waals surface area contributed by atoms with Gasteiger partial charge in [-0.05, 0) is 83.6 Å². The predicted molar refractivity (Wildman–Crippen MR) is 240 cm³/mol. The average Bonchev–Trinajstić information content (AvgIpc) is 3.30. The highest BCUT2D eigenvalue weighted by Gasteiger charge is 2.30. The molecule has 0 atom stereocenters. The van der Waals surface area contributed by atoms with Crippen molar-refractivity contribution in [3.05, 3.63) is 191 Å². The Kier molecular flexibility index (Phi) is 12.6. The summed E-state index contributed by atoms with van der Waals surface area (Å²) in [5.41, 5.74) is 10.7. The molecule has 0 saturated carbocycles. The van der Waals surface area contributed by atoms with E-state index in [9.17, 15) is 9.59 Å². The zero-order valence-electron chi connectivity index (χ0n) is 34.8. The Balaban J connectivity index is 1.52. The number of rotatable bonds is 14. The lowest BCUT2D eigenvalue weighted by Gasteiger charge is -2.33. The molecule has 302 valence electrons.